The average Bonchev–Trinajstić information content (AvgIpc) is 2.99. The van der Waals surface area contributed by atoms with Crippen molar-refractivity contribution in [2.45, 2.75) is 70.1 Å². The highest BCUT2D eigenvalue weighted by Crippen LogP contribution is 2.43. The monoisotopic (exact) mass is 264 g/mol. The molecule has 1 aromatic heterocycles. The fraction of sp³-hybridized carbons (Fsp3) is 0.800. The van der Waals surface area contributed by atoms with Crippen LogP contribution in [0.3, 0.4) is 0 Å². The molecule has 0 atom stereocenters. The quantitative estimate of drug-likeness (QED) is 0.842. The van der Waals surface area contributed by atoms with E-state index in [2.05, 4.69) is 6.92 Å². The number of rotatable bonds is 2. The van der Waals surface area contributed by atoms with E-state index in [9.17, 15) is 0 Å². The third-order valence-electron chi connectivity index (χ3n) is 4.80. The lowest BCUT2D eigenvalue weighted by Crippen LogP contribution is -2.12. The van der Waals surface area contributed by atoms with Gasteiger partial charge in [-0.25, -0.2) is 4.98 Å². The van der Waals surface area contributed by atoms with Crippen molar-refractivity contribution in [3.05, 3.63) is 10.7 Å². The maximum atomic E-state index is 6.23. The highest BCUT2D eigenvalue weighted by Gasteiger charge is 2.27. The van der Waals surface area contributed by atoms with Crippen molar-refractivity contribution >= 4 is 16.3 Å². The SMILES string of the molecule is CC1CCC(c2nc(C3CCCC3)sc2N)CC1. The van der Waals surface area contributed by atoms with Gasteiger partial charge in [-0.05, 0) is 31.6 Å². The van der Waals surface area contributed by atoms with E-state index in [1.54, 1.807) is 11.3 Å². The molecule has 100 valence electrons. The van der Waals surface area contributed by atoms with Crippen molar-refractivity contribution in [2.24, 2.45) is 5.92 Å². The van der Waals surface area contributed by atoms with Crippen molar-refractivity contribution in [1.29, 1.82) is 0 Å². The summed E-state index contributed by atoms with van der Waals surface area (Å²) in [6.45, 7) is 2.37. The first-order chi connectivity index (χ1) is 8.74. The van der Waals surface area contributed by atoms with Gasteiger partial charge >= 0.3 is 0 Å². The lowest BCUT2D eigenvalue weighted by Gasteiger charge is -2.25. The van der Waals surface area contributed by atoms with Crippen LogP contribution in [0.5, 0.6) is 0 Å². The van der Waals surface area contributed by atoms with E-state index in [4.69, 9.17) is 10.7 Å². The minimum Gasteiger partial charge on any atom is -0.389 e. The van der Waals surface area contributed by atoms with E-state index in [0.717, 1.165) is 10.9 Å². The molecule has 0 bridgehead atoms. The van der Waals surface area contributed by atoms with Gasteiger partial charge in [-0.15, -0.1) is 11.3 Å². The summed E-state index contributed by atoms with van der Waals surface area (Å²) >= 11 is 1.77. The minimum absolute atomic E-state index is 0.646. The molecule has 2 fully saturated rings. The van der Waals surface area contributed by atoms with E-state index in [0.29, 0.717) is 11.8 Å². The van der Waals surface area contributed by atoms with Gasteiger partial charge < -0.3 is 5.73 Å². The van der Waals surface area contributed by atoms with Crippen LogP contribution in [-0.2, 0) is 0 Å². The highest BCUT2D eigenvalue weighted by molar-refractivity contribution is 7.15. The minimum atomic E-state index is 0.646. The lowest BCUT2D eigenvalue weighted by molar-refractivity contribution is 0.345. The zero-order valence-corrected chi connectivity index (χ0v) is 12.1. The summed E-state index contributed by atoms with van der Waals surface area (Å²) in [6, 6.07) is 0. The van der Waals surface area contributed by atoms with Crippen molar-refractivity contribution in [1.82, 2.24) is 4.98 Å². The second kappa shape index (κ2) is 5.20. The summed E-state index contributed by atoms with van der Waals surface area (Å²) in [5.74, 6) is 2.26. The van der Waals surface area contributed by atoms with Gasteiger partial charge in [0, 0.05) is 11.8 Å². The molecular weight excluding hydrogens is 240 g/mol. The molecule has 3 rings (SSSR count). The number of thiazole rings is 1. The second-order valence-corrected chi connectivity index (χ2v) is 7.30. The normalized spacial score (nSPS) is 29.8. The number of aromatic nitrogens is 1. The van der Waals surface area contributed by atoms with Crippen molar-refractivity contribution in [3.63, 3.8) is 0 Å². The standard InChI is InChI=1S/C15H24N2S/c1-10-6-8-11(9-7-10)13-14(16)18-15(17-13)12-4-2-3-5-12/h10-12H,2-9,16H2,1H3. The van der Waals surface area contributed by atoms with Crippen LogP contribution in [0.2, 0.25) is 0 Å². The van der Waals surface area contributed by atoms with Crippen LogP contribution in [0.15, 0.2) is 0 Å². The maximum absolute atomic E-state index is 6.23. The predicted molar refractivity (Wildman–Crippen MR) is 78.1 cm³/mol. The van der Waals surface area contributed by atoms with Gasteiger partial charge in [0.25, 0.3) is 0 Å². The Morgan fingerprint density at radius 3 is 2.33 bits per heavy atom. The first kappa shape index (κ1) is 12.5. The molecule has 2 nitrogen and oxygen atoms in total. The molecule has 1 aromatic rings. The zero-order valence-electron chi connectivity index (χ0n) is 11.3. The van der Waals surface area contributed by atoms with E-state index in [1.807, 2.05) is 0 Å². The van der Waals surface area contributed by atoms with E-state index < -0.39 is 0 Å². The van der Waals surface area contributed by atoms with Crippen LogP contribution >= 0.6 is 11.3 Å². The Morgan fingerprint density at radius 2 is 1.67 bits per heavy atom. The van der Waals surface area contributed by atoms with Gasteiger partial charge in [0.15, 0.2) is 0 Å². The highest BCUT2D eigenvalue weighted by atomic mass is 32.1. The molecular formula is C15H24N2S. The zero-order chi connectivity index (χ0) is 12.5. The molecule has 2 aliphatic rings. The Balaban J connectivity index is 1.75. The Kier molecular flexibility index (Phi) is 3.60. The Morgan fingerprint density at radius 1 is 1.00 bits per heavy atom. The summed E-state index contributed by atoms with van der Waals surface area (Å²) in [4.78, 5) is 4.93. The van der Waals surface area contributed by atoms with Crippen molar-refractivity contribution < 1.29 is 0 Å². The molecule has 1 heterocycles. The van der Waals surface area contributed by atoms with Crippen LogP contribution in [-0.4, -0.2) is 4.98 Å². The molecule has 0 aromatic carbocycles. The first-order valence-corrected chi connectivity index (χ1v) is 8.31. The van der Waals surface area contributed by atoms with Gasteiger partial charge in [-0.2, -0.15) is 0 Å². The molecule has 2 saturated carbocycles. The van der Waals surface area contributed by atoms with E-state index >= 15 is 0 Å². The number of anilines is 1. The van der Waals surface area contributed by atoms with E-state index in [-0.39, 0.29) is 0 Å². The number of hydrogen-bond acceptors (Lipinski definition) is 3. The molecule has 2 N–H and O–H groups in total. The van der Waals surface area contributed by atoms with E-state index in [1.165, 1.54) is 62.1 Å². The first-order valence-electron chi connectivity index (χ1n) is 7.50. The lowest BCUT2D eigenvalue weighted by atomic mass is 9.81. The van der Waals surface area contributed by atoms with Gasteiger partial charge in [0.2, 0.25) is 0 Å². The molecule has 2 aliphatic carbocycles. The fourth-order valence-electron chi connectivity index (χ4n) is 3.53. The summed E-state index contributed by atoms with van der Waals surface area (Å²) in [7, 11) is 0. The predicted octanol–water partition coefficient (Wildman–Crippen LogP) is 4.68. The van der Waals surface area contributed by atoms with Crippen LogP contribution < -0.4 is 5.73 Å². The van der Waals surface area contributed by atoms with Crippen LogP contribution in [0.1, 0.15) is 80.8 Å². The molecule has 0 radical (unpaired) electrons. The van der Waals surface area contributed by atoms with Crippen LogP contribution in [0, 0.1) is 5.92 Å². The smallest absolute Gasteiger partial charge is 0.110 e. The van der Waals surface area contributed by atoms with Crippen molar-refractivity contribution in [3.8, 4) is 0 Å². The third-order valence-corrected chi connectivity index (χ3v) is 5.87. The fourth-order valence-corrected chi connectivity index (χ4v) is 4.62. The van der Waals surface area contributed by atoms with Crippen LogP contribution in [0.25, 0.3) is 0 Å². The topological polar surface area (TPSA) is 38.9 Å². The summed E-state index contributed by atoms with van der Waals surface area (Å²) in [5.41, 5.74) is 7.47. The Hall–Kier alpha value is -0.570. The molecule has 0 unspecified atom stereocenters. The average molecular weight is 264 g/mol. The third kappa shape index (κ3) is 2.42. The van der Waals surface area contributed by atoms with Gasteiger partial charge in [-0.1, -0.05) is 32.6 Å². The molecule has 0 aliphatic heterocycles. The number of nitrogens with zero attached hydrogens (tertiary/aromatic N) is 1. The Bertz CT molecular complexity index is 399. The molecule has 0 amide bonds. The molecule has 18 heavy (non-hydrogen) atoms. The number of hydrogen-bond donors (Lipinski definition) is 1. The Labute approximate surface area is 114 Å². The summed E-state index contributed by atoms with van der Waals surface area (Å²) < 4.78 is 0. The van der Waals surface area contributed by atoms with Gasteiger partial charge in [0.05, 0.1) is 10.7 Å². The van der Waals surface area contributed by atoms with Gasteiger partial charge in [-0.3, -0.25) is 0 Å². The largest absolute Gasteiger partial charge is 0.389 e. The second-order valence-electron chi connectivity index (χ2n) is 6.24. The van der Waals surface area contributed by atoms with Gasteiger partial charge in [0.1, 0.15) is 5.00 Å². The van der Waals surface area contributed by atoms with Crippen LogP contribution in [0.4, 0.5) is 5.00 Å². The molecule has 3 heteroatoms. The summed E-state index contributed by atoms with van der Waals surface area (Å²) in [6.07, 6.45) is 10.7. The number of nitrogen functional groups attached to an aromatic ring is 1. The summed E-state index contributed by atoms with van der Waals surface area (Å²) in [5, 5.41) is 2.34. The number of nitrogens with two attached hydrogens (primary N) is 1. The van der Waals surface area contributed by atoms with Crippen molar-refractivity contribution in [2.75, 3.05) is 5.73 Å². The molecule has 0 saturated heterocycles. The maximum Gasteiger partial charge on any atom is 0.110 e. The molecule has 0 spiro atoms.